The Labute approximate surface area is 139 Å². The summed E-state index contributed by atoms with van der Waals surface area (Å²) in [5, 5.41) is 3.44. The van der Waals surface area contributed by atoms with Crippen LogP contribution in [0.2, 0.25) is 0 Å². The van der Waals surface area contributed by atoms with Crippen molar-refractivity contribution < 1.29 is 12.8 Å². The molecule has 1 aromatic carbocycles. The molecule has 0 aromatic heterocycles. The zero-order chi connectivity index (χ0) is 17.0. The first kappa shape index (κ1) is 18.2. The van der Waals surface area contributed by atoms with Gasteiger partial charge in [-0.2, -0.15) is 0 Å². The predicted octanol–water partition coefficient (Wildman–Crippen LogP) is 2.52. The van der Waals surface area contributed by atoms with Gasteiger partial charge in [0.1, 0.15) is 5.82 Å². The molecular formula is C17H27FN2O2S. The summed E-state index contributed by atoms with van der Waals surface area (Å²) in [5.41, 5.74) is 2.00. The lowest BCUT2D eigenvalue weighted by Crippen LogP contribution is -2.50. The second kappa shape index (κ2) is 7.62. The highest BCUT2D eigenvalue weighted by atomic mass is 32.2. The van der Waals surface area contributed by atoms with E-state index in [1.54, 1.807) is 13.0 Å². The summed E-state index contributed by atoms with van der Waals surface area (Å²) < 4.78 is 36.7. The minimum absolute atomic E-state index is 0.0563. The maximum absolute atomic E-state index is 13.3. The lowest BCUT2D eigenvalue weighted by atomic mass is 10.0. The number of nitrogens with one attached hydrogen (secondary N) is 1. The van der Waals surface area contributed by atoms with Gasteiger partial charge in [0.2, 0.25) is 0 Å². The van der Waals surface area contributed by atoms with Crippen LogP contribution in [-0.4, -0.2) is 45.1 Å². The Morgan fingerprint density at radius 1 is 1.43 bits per heavy atom. The molecule has 1 heterocycles. The molecule has 1 aliphatic heterocycles. The summed E-state index contributed by atoms with van der Waals surface area (Å²) >= 11 is 0. The minimum atomic E-state index is -2.96. The normalized spacial score (nSPS) is 20.5. The van der Waals surface area contributed by atoms with E-state index in [0.29, 0.717) is 0 Å². The van der Waals surface area contributed by atoms with E-state index < -0.39 is 9.84 Å². The molecule has 0 aliphatic carbocycles. The number of aryl methyl sites for hydroxylation is 1. The van der Waals surface area contributed by atoms with Crippen molar-refractivity contribution in [2.24, 2.45) is 0 Å². The zero-order valence-corrected chi connectivity index (χ0v) is 15.0. The largest absolute Gasteiger partial charge is 0.370 e. The van der Waals surface area contributed by atoms with Crippen LogP contribution in [0.4, 0.5) is 10.1 Å². The predicted molar refractivity (Wildman–Crippen MR) is 93.3 cm³/mol. The Morgan fingerprint density at radius 3 is 2.83 bits per heavy atom. The van der Waals surface area contributed by atoms with Gasteiger partial charge in [-0.3, -0.25) is 0 Å². The number of nitrogens with zero attached hydrogens (tertiary/aromatic N) is 1. The number of benzene rings is 1. The first-order chi connectivity index (χ1) is 10.8. The summed E-state index contributed by atoms with van der Waals surface area (Å²) in [4.78, 5) is 2.26. The van der Waals surface area contributed by atoms with Crippen molar-refractivity contribution in [2.45, 2.75) is 45.7 Å². The van der Waals surface area contributed by atoms with Crippen LogP contribution in [-0.2, 0) is 9.84 Å². The minimum Gasteiger partial charge on any atom is -0.370 e. The summed E-state index contributed by atoms with van der Waals surface area (Å²) in [6.07, 6.45) is 2.08. The first-order valence-corrected chi connectivity index (χ1v) is 10.1. The second-order valence-electron chi connectivity index (χ2n) is 6.48. The molecule has 0 saturated carbocycles. The fourth-order valence-electron chi connectivity index (χ4n) is 3.25. The summed E-state index contributed by atoms with van der Waals surface area (Å²) in [7, 11) is -2.96. The van der Waals surface area contributed by atoms with Gasteiger partial charge in [0.25, 0.3) is 0 Å². The zero-order valence-electron chi connectivity index (χ0n) is 14.2. The number of sulfone groups is 1. The molecule has 0 unspecified atom stereocenters. The number of hydrogen-bond donors (Lipinski definition) is 1. The molecule has 0 radical (unpaired) electrons. The highest BCUT2D eigenvalue weighted by molar-refractivity contribution is 7.91. The van der Waals surface area contributed by atoms with Gasteiger partial charge < -0.3 is 10.2 Å². The maximum Gasteiger partial charge on any atom is 0.151 e. The molecule has 4 nitrogen and oxygen atoms in total. The maximum atomic E-state index is 13.3. The number of rotatable bonds is 6. The molecule has 130 valence electrons. The van der Waals surface area contributed by atoms with Crippen molar-refractivity contribution >= 4 is 15.5 Å². The molecule has 23 heavy (non-hydrogen) atoms. The summed E-state index contributed by atoms with van der Waals surface area (Å²) in [6, 6.07) is 5.09. The van der Waals surface area contributed by atoms with Crippen LogP contribution in [0.5, 0.6) is 0 Å². The van der Waals surface area contributed by atoms with Gasteiger partial charge in [0, 0.05) is 36.6 Å². The number of hydrogen-bond acceptors (Lipinski definition) is 4. The van der Waals surface area contributed by atoms with E-state index in [1.807, 2.05) is 19.9 Å². The first-order valence-electron chi connectivity index (χ1n) is 8.28. The number of halogens is 1. The van der Waals surface area contributed by atoms with Crippen molar-refractivity contribution in [3.05, 3.63) is 29.6 Å². The van der Waals surface area contributed by atoms with Crippen LogP contribution in [0.25, 0.3) is 0 Å². The molecular weight excluding hydrogens is 315 g/mol. The Kier molecular flexibility index (Phi) is 6.03. The number of piperidine rings is 1. The van der Waals surface area contributed by atoms with E-state index in [2.05, 4.69) is 10.2 Å². The van der Waals surface area contributed by atoms with Crippen LogP contribution in [0.3, 0.4) is 0 Å². The van der Waals surface area contributed by atoms with Crippen molar-refractivity contribution in [2.75, 3.05) is 29.5 Å². The average molecular weight is 342 g/mol. The van der Waals surface area contributed by atoms with Gasteiger partial charge in [0.15, 0.2) is 9.84 Å². The Balaban J connectivity index is 1.98. The summed E-state index contributed by atoms with van der Waals surface area (Å²) in [5.74, 6) is 0.150. The molecule has 0 amide bonds. The van der Waals surface area contributed by atoms with E-state index in [4.69, 9.17) is 0 Å². The lowest BCUT2D eigenvalue weighted by molar-refractivity contribution is 0.394. The van der Waals surface area contributed by atoms with E-state index in [0.717, 1.165) is 37.2 Å². The van der Waals surface area contributed by atoms with Crippen molar-refractivity contribution in [1.29, 1.82) is 0 Å². The molecule has 1 fully saturated rings. The molecule has 0 bridgehead atoms. The highest BCUT2D eigenvalue weighted by Crippen LogP contribution is 2.24. The third-order valence-corrected chi connectivity index (χ3v) is 6.27. The quantitative estimate of drug-likeness (QED) is 0.863. The van der Waals surface area contributed by atoms with E-state index in [1.165, 1.54) is 6.07 Å². The van der Waals surface area contributed by atoms with Crippen molar-refractivity contribution in [3.8, 4) is 0 Å². The van der Waals surface area contributed by atoms with Gasteiger partial charge >= 0.3 is 0 Å². The molecule has 1 aromatic rings. The monoisotopic (exact) mass is 342 g/mol. The molecule has 0 spiro atoms. The van der Waals surface area contributed by atoms with Gasteiger partial charge in [-0.15, -0.1) is 0 Å². The third-order valence-electron chi connectivity index (χ3n) is 4.38. The highest BCUT2D eigenvalue weighted by Gasteiger charge is 2.23. The van der Waals surface area contributed by atoms with Crippen LogP contribution >= 0.6 is 0 Å². The van der Waals surface area contributed by atoms with E-state index in [9.17, 15) is 12.8 Å². The molecule has 6 heteroatoms. The molecule has 2 atom stereocenters. The van der Waals surface area contributed by atoms with Crippen LogP contribution < -0.4 is 10.2 Å². The smallest absolute Gasteiger partial charge is 0.151 e. The fraction of sp³-hybridized carbons (Fsp3) is 0.647. The van der Waals surface area contributed by atoms with Crippen LogP contribution in [0, 0.1) is 12.7 Å². The van der Waals surface area contributed by atoms with E-state index in [-0.39, 0.29) is 29.4 Å². The van der Waals surface area contributed by atoms with E-state index >= 15 is 0 Å². The molecule has 1 saturated heterocycles. The fourth-order valence-corrected chi connectivity index (χ4v) is 4.35. The van der Waals surface area contributed by atoms with Gasteiger partial charge in [-0.25, -0.2) is 12.8 Å². The third kappa shape index (κ3) is 5.18. The SMILES string of the molecule is CCS(=O)(=O)C[C@@H](C)N[C@@H]1CCCN(c2ccc(F)cc2C)C1. The Bertz CT molecular complexity index is 633. The van der Waals surface area contributed by atoms with Gasteiger partial charge in [0.05, 0.1) is 5.75 Å². The number of anilines is 1. The second-order valence-corrected chi connectivity index (χ2v) is 8.88. The molecule has 2 rings (SSSR count). The summed E-state index contributed by atoms with van der Waals surface area (Å²) in [6.45, 7) is 7.30. The van der Waals surface area contributed by atoms with Crippen LogP contribution in [0.1, 0.15) is 32.3 Å². The topological polar surface area (TPSA) is 49.4 Å². The van der Waals surface area contributed by atoms with Gasteiger partial charge in [-0.05, 0) is 50.5 Å². The van der Waals surface area contributed by atoms with Crippen molar-refractivity contribution in [3.63, 3.8) is 0 Å². The molecule has 1 N–H and O–H groups in total. The van der Waals surface area contributed by atoms with Crippen molar-refractivity contribution in [1.82, 2.24) is 5.32 Å². The average Bonchev–Trinajstić information content (AvgIpc) is 2.46. The lowest BCUT2D eigenvalue weighted by Gasteiger charge is -2.37. The van der Waals surface area contributed by atoms with Crippen LogP contribution in [0.15, 0.2) is 18.2 Å². The Morgan fingerprint density at radius 2 is 2.17 bits per heavy atom. The standard InChI is InChI=1S/C17H27FN2O2S/c1-4-23(21,22)12-14(3)19-16-6-5-9-20(11-16)17-8-7-15(18)10-13(17)2/h7-8,10,14,16,19H,4-6,9,11-12H2,1-3H3/t14-,16-/m1/s1. The van der Waals surface area contributed by atoms with Gasteiger partial charge in [-0.1, -0.05) is 6.92 Å². The molecule has 1 aliphatic rings. The Hall–Kier alpha value is -1.14.